The number of nitrogens with zero attached hydrogens (tertiary/aromatic N) is 2. The lowest BCUT2D eigenvalue weighted by Crippen LogP contribution is -2.33. The summed E-state index contributed by atoms with van der Waals surface area (Å²) in [5.41, 5.74) is 4.34. The number of likely N-dealkylation sites (tertiary alicyclic amines) is 1. The Balaban J connectivity index is 1.47. The molecule has 1 aliphatic heterocycles. The van der Waals surface area contributed by atoms with Crippen LogP contribution in [0.25, 0.3) is 0 Å². The van der Waals surface area contributed by atoms with Gasteiger partial charge in [-0.25, -0.2) is 9.37 Å². The summed E-state index contributed by atoms with van der Waals surface area (Å²) in [6, 6.07) is 6.95. The number of benzene rings is 1. The fraction of sp³-hybridized carbons (Fsp3) is 0.438. The van der Waals surface area contributed by atoms with Gasteiger partial charge < -0.3 is 0 Å². The highest BCUT2D eigenvalue weighted by molar-refractivity contribution is 7.07. The van der Waals surface area contributed by atoms with Gasteiger partial charge in [-0.1, -0.05) is 12.1 Å². The average Bonchev–Trinajstić information content (AvgIpc) is 2.96. The molecule has 0 atom stereocenters. The maximum Gasteiger partial charge on any atom is 0.123 e. The molecule has 0 N–H and O–H groups in total. The van der Waals surface area contributed by atoms with E-state index >= 15 is 0 Å². The first-order valence-corrected chi connectivity index (χ1v) is 8.08. The van der Waals surface area contributed by atoms with E-state index in [9.17, 15) is 4.39 Å². The second-order valence-electron chi connectivity index (χ2n) is 5.53. The van der Waals surface area contributed by atoms with E-state index < -0.39 is 0 Å². The Labute approximate surface area is 123 Å². The Morgan fingerprint density at radius 2 is 1.95 bits per heavy atom. The van der Waals surface area contributed by atoms with Crippen molar-refractivity contribution in [3.63, 3.8) is 0 Å². The third-order valence-corrected chi connectivity index (χ3v) is 4.65. The van der Waals surface area contributed by atoms with Gasteiger partial charge in [-0.05, 0) is 56.0 Å². The minimum absolute atomic E-state index is 0.146. The summed E-state index contributed by atoms with van der Waals surface area (Å²) >= 11 is 1.66. The molecule has 1 fully saturated rings. The molecule has 1 aromatic carbocycles. The molecule has 0 radical (unpaired) electrons. The molecule has 0 unspecified atom stereocenters. The molecule has 1 saturated heterocycles. The third kappa shape index (κ3) is 3.64. The first-order valence-electron chi connectivity index (χ1n) is 7.13. The summed E-state index contributed by atoms with van der Waals surface area (Å²) < 4.78 is 12.9. The van der Waals surface area contributed by atoms with Crippen molar-refractivity contribution in [1.82, 2.24) is 9.88 Å². The zero-order valence-electron chi connectivity index (χ0n) is 11.5. The second kappa shape index (κ2) is 6.46. The molecule has 0 bridgehead atoms. The van der Waals surface area contributed by atoms with E-state index in [1.165, 1.54) is 24.1 Å². The molecular formula is C16H19FN2S. The fourth-order valence-electron chi connectivity index (χ4n) is 2.85. The number of aromatic nitrogens is 1. The van der Waals surface area contributed by atoms with Crippen LogP contribution in [0.3, 0.4) is 0 Å². The normalized spacial score (nSPS) is 17.4. The van der Waals surface area contributed by atoms with Crippen molar-refractivity contribution in [2.75, 3.05) is 13.1 Å². The van der Waals surface area contributed by atoms with Crippen LogP contribution in [0, 0.1) is 11.7 Å². The molecule has 4 heteroatoms. The zero-order valence-corrected chi connectivity index (χ0v) is 12.3. The van der Waals surface area contributed by atoms with Gasteiger partial charge in [0.15, 0.2) is 0 Å². The van der Waals surface area contributed by atoms with Crippen molar-refractivity contribution in [3.8, 4) is 0 Å². The molecule has 1 aromatic heterocycles. The maximum atomic E-state index is 12.9. The van der Waals surface area contributed by atoms with Gasteiger partial charge in [0.25, 0.3) is 0 Å². The summed E-state index contributed by atoms with van der Waals surface area (Å²) in [4.78, 5) is 6.83. The van der Waals surface area contributed by atoms with E-state index in [4.69, 9.17) is 0 Å². The molecule has 0 amide bonds. The number of rotatable bonds is 4. The van der Waals surface area contributed by atoms with E-state index in [1.54, 1.807) is 23.5 Å². The summed E-state index contributed by atoms with van der Waals surface area (Å²) in [5, 5.41) is 2.13. The van der Waals surface area contributed by atoms with Gasteiger partial charge in [-0.2, -0.15) is 0 Å². The van der Waals surface area contributed by atoms with Crippen LogP contribution in [0.1, 0.15) is 24.1 Å². The van der Waals surface area contributed by atoms with Gasteiger partial charge in [-0.3, -0.25) is 4.90 Å². The summed E-state index contributed by atoms with van der Waals surface area (Å²) in [6.07, 6.45) is 3.52. The first-order chi connectivity index (χ1) is 9.79. The number of hydrogen-bond donors (Lipinski definition) is 0. The van der Waals surface area contributed by atoms with Crippen LogP contribution in [-0.2, 0) is 13.0 Å². The molecule has 0 aliphatic carbocycles. The van der Waals surface area contributed by atoms with Crippen molar-refractivity contribution in [1.29, 1.82) is 0 Å². The van der Waals surface area contributed by atoms with Crippen molar-refractivity contribution in [2.45, 2.75) is 25.8 Å². The Hall–Kier alpha value is -1.26. The SMILES string of the molecule is Fc1ccc(CC2CCN(Cc3cscn3)CC2)cc1. The number of hydrogen-bond acceptors (Lipinski definition) is 3. The highest BCUT2D eigenvalue weighted by atomic mass is 32.1. The van der Waals surface area contributed by atoms with Crippen molar-refractivity contribution in [2.24, 2.45) is 5.92 Å². The monoisotopic (exact) mass is 290 g/mol. The van der Waals surface area contributed by atoms with Crippen LogP contribution in [0.4, 0.5) is 4.39 Å². The lowest BCUT2D eigenvalue weighted by Gasteiger charge is -2.31. The van der Waals surface area contributed by atoms with Crippen LogP contribution in [-0.4, -0.2) is 23.0 Å². The van der Waals surface area contributed by atoms with Gasteiger partial charge in [0.1, 0.15) is 5.82 Å². The third-order valence-electron chi connectivity index (χ3n) is 4.01. The average molecular weight is 290 g/mol. The van der Waals surface area contributed by atoms with Gasteiger partial charge in [-0.15, -0.1) is 11.3 Å². The minimum Gasteiger partial charge on any atom is -0.297 e. The fourth-order valence-corrected chi connectivity index (χ4v) is 3.40. The molecule has 2 aromatic rings. The van der Waals surface area contributed by atoms with Crippen molar-refractivity contribution in [3.05, 3.63) is 52.2 Å². The molecular weight excluding hydrogens is 271 g/mol. The van der Waals surface area contributed by atoms with E-state index in [0.29, 0.717) is 0 Å². The lowest BCUT2D eigenvalue weighted by molar-refractivity contribution is 0.175. The highest BCUT2D eigenvalue weighted by Crippen LogP contribution is 2.23. The zero-order chi connectivity index (χ0) is 13.8. The number of thiazole rings is 1. The first kappa shape index (κ1) is 13.7. The molecule has 1 aliphatic rings. The van der Waals surface area contributed by atoms with Crippen LogP contribution >= 0.6 is 11.3 Å². The smallest absolute Gasteiger partial charge is 0.123 e. The van der Waals surface area contributed by atoms with Gasteiger partial charge >= 0.3 is 0 Å². The number of piperidine rings is 1. The van der Waals surface area contributed by atoms with Gasteiger partial charge in [0.05, 0.1) is 11.2 Å². The maximum absolute atomic E-state index is 12.9. The summed E-state index contributed by atoms with van der Waals surface area (Å²) in [5.74, 6) is 0.582. The Bertz CT molecular complexity index is 516. The predicted octanol–water partition coefficient (Wildman–Crippen LogP) is 3.74. The van der Waals surface area contributed by atoms with E-state index in [1.807, 2.05) is 17.6 Å². The Morgan fingerprint density at radius 3 is 2.60 bits per heavy atom. The van der Waals surface area contributed by atoms with Crippen molar-refractivity contribution >= 4 is 11.3 Å². The molecule has 0 saturated carbocycles. The van der Waals surface area contributed by atoms with E-state index in [0.717, 1.165) is 32.0 Å². The highest BCUT2D eigenvalue weighted by Gasteiger charge is 2.19. The molecule has 3 rings (SSSR count). The molecule has 2 nitrogen and oxygen atoms in total. The number of halogens is 1. The Kier molecular flexibility index (Phi) is 4.43. The largest absolute Gasteiger partial charge is 0.297 e. The molecule has 0 spiro atoms. The molecule has 2 heterocycles. The second-order valence-corrected chi connectivity index (χ2v) is 6.25. The van der Waals surface area contributed by atoms with Crippen molar-refractivity contribution < 1.29 is 4.39 Å². The summed E-state index contributed by atoms with van der Waals surface area (Å²) in [7, 11) is 0. The van der Waals surface area contributed by atoms with E-state index in [-0.39, 0.29) is 5.82 Å². The topological polar surface area (TPSA) is 16.1 Å². The molecule has 106 valence electrons. The van der Waals surface area contributed by atoms with E-state index in [2.05, 4.69) is 15.3 Å². The lowest BCUT2D eigenvalue weighted by atomic mass is 9.90. The minimum atomic E-state index is -0.146. The van der Waals surface area contributed by atoms with Crippen LogP contribution < -0.4 is 0 Å². The van der Waals surface area contributed by atoms with Gasteiger partial charge in [0, 0.05) is 11.9 Å². The van der Waals surface area contributed by atoms with Crippen LogP contribution in [0.15, 0.2) is 35.2 Å². The van der Waals surface area contributed by atoms with Crippen LogP contribution in [0.2, 0.25) is 0 Å². The quantitative estimate of drug-likeness (QED) is 0.853. The summed E-state index contributed by atoms with van der Waals surface area (Å²) in [6.45, 7) is 3.26. The van der Waals surface area contributed by atoms with Gasteiger partial charge in [0.2, 0.25) is 0 Å². The predicted molar refractivity (Wildman–Crippen MR) is 80.2 cm³/mol. The molecule has 20 heavy (non-hydrogen) atoms. The standard InChI is InChI=1S/C16H19FN2S/c17-15-3-1-13(2-4-15)9-14-5-7-19(8-6-14)10-16-11-20-12-18-16/h1-4,11-12,14H,5-10H2. The van der Waals surface area contributed by atoms with Crippen LogP contribution in [0.5, 0.6) is 0 Å². The Morgan fingerprint density at radius 1 is 1.20 bits per heavy atom.